The van der Waals surface area contributed by atoms with Crippen molar-refractivity contribution in [1.29, 1.82) is 0 Å². The maximum atomic E-state index is 4.82. The summed E-state index contributed by atoms with van der Waals surface area (Å²) in [6.07, 6.45) is 7.46. The van der Waals surface area contributed by atoms with Gasteiger partial charge in [0, 0.05) is 30.0 Å². The van der Waals surface area contributed by atoms with E-state index in [-0.39, 0.29) is 0 Å². The molecule has 1 aromatic heterocycles. The number of benzene rings is 1. The first-order valence-electron chi connectivity index (χ1n) is 8.77. The predicted molar refractivity (Wildman–Crippen MR) is 94.4 cm³/mol. The lowest BCUT2D eigenvalue weighted by molar-refractivity contribution is 0.736. The Kier molecular flexibility index (Phi) is 3.90. The van der Waals surface area contributed by atoms with Crippen LogP contribution in [0.15, 0.2) is 30.3 Å². The highest BCUT2D eigenvalue weighted by molar-refractivity contribution is 5.64. The van der Waals surface area contributed by atoms with Gasteiger partial charge in [0.05, 0.1) is 0 Å². The van der Waals surface area contributed by atoms with E-state index in [9.17, 15) is 0 Å². The van der Waals surface area contributed by atoms with Gasteiger partial charge in [-0.25, -0.2) is 4.98 Å². The lowest BCUT2D eigenvalue weighted by Crippen LogP contribution is -2.27. The average Bonchev–Trinajstić information content (AvgIpc) is 3.06. The SMILES string of the molecule is Cc1cc(NC2CCCC2)nc(N2CCCc3ccccc32)n1. The molecule has 2 aliphatic rings. The van der Waals surface area contributed by atoms with Crippen LogP contribution in [0.25, 0.3) is 0 Å². The molecule has 0 saturated heterocycles. The van der Waals surface area contributed by atoms with Crippen LogP contribution in [0.2, 0.25) is 0 Å². The summed E-state index contributed by atoms with van der Waals surface area (Å²) < 4.78 is 0. The Morgan fingerprint density at radius 3 is 2.78 bits per heavy atom. The fraction of sp³-hybridized carbons (Fsp3) is 0.474. The summed E-state index contributed by atoms with van der Waals surface area (Å²) in [5.41, 5.74) is 3.68. The van der Waals surface area contributed by atoms with Crippen LogP contribution in [0.3, 0.4) is 0 Å². The van der Waals surface area contributed by atoms with E-state index in [4.69, 9.17) is 9.97 Å². The number of aromatic nitrogens is 2. The topological polar surface area (TPSA) is 41.1 Å². The highest BCUT2D eigenvalue weighted by Crippen LogP contribution is 2.32. The molecule has 0 radical (unpaired) electrons. The van der Waals surface area contributed by atoms with Crippen molar-refractivity contribution in [3.05, 3.63) is 41.6 Å². The first kappa shape index (κ1) is 14.5. The average molecular weight is 308 g/mol. The minimum atomic E-state index is 0.575. The van der Waals surface area contributed by atoms with E-state index < -0.39 is 0 Å². The Morgan fingerprint density at radius 1 is 1.09 bits per heavy atom. The Hall–Kier alpha value is -2.10. The van der Waals surface area contributed by atoms with Crippen LogP contribution >= 0.6 is 0 Å². The molecule has 1 fully saturated rings. The number of aryl methyl sites for hydroxylation is 2. The second kappa shape index (κ2) is 6.19. The normalized spacial score (nSPS) is 18.0. The van der Waals surface area contributed by atoms with Gasteiger partial charge in [-0.05, 0) is 44.2 Å². The number of rotatable bonds is 3. The van der Waals surface area contributed by atoms with Crippen LogP contribution < -0.4 is 10.2 Å². The smallest absolute Gasteiger partial charge is 0.232 e. The molecule has 4 rings (SSSR count). The van der Waals surface area contributed by atoms with Gasteiger partial charge in [0.15, 0.2) is 0 Å². The minimum absolute atomic E-state index is 0.575. The molecule has 0 amide bonds. The van der Waals surface area contributed by atoms with Gasteiger partial charge in [-0.2, -0.15) is 4.98 Å². The Labute approximate surface area is 138 Å². The van der Waals surface area contributed by atoms with Crippen molar-refractivity contribution in [3.8, 4) is 0 Å². The van der Waals surface area contributed by atoms with E-state index in [0.717, 1.165) is 36.8 Å². The van der Waals surface area contributed by atoms with Crippen LogP contribution in [0.1, 0.15) is 43.4 Å². The van der Waals surface area contributed by atoms with E-state index in [2.05, 4.69) is 47.5 Å². The monoisotopic (exact) mass is 308 g/mol. The van der Waals surface area contributed by atoms with E-state index in [1.54, 1.807) is 0 Å². The van der Waals surface area contributed by atoms with Gasteiger partial charge < -0.3 is 10.2 Å². The summed E-state index contributed by atoms with van der Waals surface area (Å²) in [5.74, 6) is 1.81. The summed E-state index contributed by atoms with van der Waals surface area (Å²) in [5, 5.41) is 3.61. The molecule has 1 aromatic carbocycles. The molecule has 0 atom stereocenters. The van der Waals surface area contributed by atoms with Crippen molar-refractivity contribution >= 4 is 17.5 Å². The second-order valence-electron chi connectivity index (χ2n) is 6.70. The molecule has 1 aliphatic carbocycles. The molecular weight excluding hydrogens is 284 g/mol. The number of hydrogen-bond acceptors (Lipinski definition) is 4. The third kappa shape index (κ3) is 3.03. The van der Waals surface area contributed by atoms with Crippen LogP contribution in [0.5, 0.6) is 0 Å². The molecule has 0 spiro atoms. The van der Waals surface area contributed by atoms with Crippen LogP contribution in [-0.2, 0) is 6.42 Å². The molecular formula is C19H24N4. The molecule has 2 aromatic rings. The molecule has 0 bridgehead atoms. The first-order valence-corrected chi connectivity index (χ1v) is 8.77. The fourth-order valence-corrected chi connectivity index (χ4v) is 3.77. The minimum Gasteiger partial charge on any atom is -0.367 e. The van der Waals surface area contributed by atoms with Crippen molar-refractivity contribution in [2.75, 3.05) is 16.8 Å². The third-order valence-corrected chi connectivity index (χ3v) is 4.90. The zero-order valence-electron chi connectivity index (χ0n) is 13.8. The lowest BCUT2D eigenvalue weighted by atomic mass is 10.0. The van der Waals surface area contributed by atoms with Crippen molar-refractivity contribution in [2.24, 2.45) is 0 Å². The zero-order valence-corrected chi connectivity index (χ0v) is 13.8. The van der Waals surface area contributed by atoms with E-state index in [1.165, 1.54) is 36.9 Å². The molecule has 4 nitrogen and oxygen atoms in total. The first-order chi connectivity index (χ1) is 11.3. The highest BCUT2D eigenvalue weighted by Gasteiger charge is 2.21. The molecule has 120 valence electrons. The molecule has 2 heterocycles. The van der Waals surface area contributed by atoms with Crippen molar-refractivity contribution in [2.45, 2.75) is 51.5 Å². The number of hydrogen-bond donors (Lipinski definition) is 1. The number of nitrogens with one attached hydrogen (secondary N) is 1. The lowest BCUT2D eigenvalue weighted by Gasteiger charge is -2.30. The number of anilines is 3. The van der Waals surface area contributed by atoms with Gasteiger partial charge in [0.1, 0.15) is 5.82 Å². The summed E-state index contributed by atoms with van der Waals surface area (Å²) in [4.78, 5) is 11.8. The molecule has 0 unspecified atom stereocenters. The number of nitrogens with zero attached hydrogens (tertiary/aromatic N) is 3. The van der Waals surface area contributed by atoms with Crippen molar-refractivity contribution < 1.29 is 0 Å². The Morgan fingerprint density at radius 2 is 1.91 bits per heavy atom. The van der Waals surface area contributed by atoms with Crippen molar-refractivity contribution in [3.63, 3.8) is 0 Å². The zero-order chi connectivity index (χ0) is 15.6. The summed E-state index contributed by atoms with van der Waals surface area (Å²) in [6, 6.07) is 11.3. The van der Waals surface area contributed by atoms with E-state index >= 15 is 0 Å². The summed E-state index contributed by atoms with van der Waals surface area (Å²) in [7, 11) is 0. The number of fused-ring (bicyclic) bond motifs is 1. The second-order valence-corrected chi connectivity index (χ2v) is 6.70. The predicted octanol–water partition coefficient (Wildman–Crippen LogP) is 4.22. The van der Waals surface area contributed by atoms with Crippen LogP contribution in [0.4, 0.5) is 17.5 Å². The summed E-state index contributed by atoms with van der Waals surface area (Å²) in [6.45, 7) is 3.05. The van der Waals surface area contributed by atoms with Gasteiger partial charge in [-0.3, -0.25) is 0 Å². The molecule has 4 heteroatoms. The van der Waals surface area contributed by atoms with Gasteiger partial charge >= 0.3 is 0 Å². The largest absolute Gasteiger partial charge is 0.367 e. The van der Waals surface area contributed by atoms with Crippen LogP contribution in [0, 0.1) is 6.92 Å². The Balaban J connectivity index is 1.65. The molecule has 1 aliphatic heterocycles. The van der Waals surface area contributed by atoms with E-state index in [1.807, 2.05) is 0 Å². The summed E-state index contributed by atoms with van der Waals surface area (Å²) >= 11 is 0. The molecule has 23 heavy (non-hydrogen) atoms. The Bertz CT molecular complexity index is 692. The standard InChI is InChI=1S/C19H24N4/c1-14-13-18(21-16-9-3-4-10-16)22-19(20-14)23-12-6-8-15-7-2-5-11-17(15)23/h2,5,7,11,13,16H,3-4,6,8-10,12H2,1H3,(H,20,21,22). The van der Waals surface area contributed by atoms with Gasteiger partial charge in [-0.15, -0.1) is 0 Å². The van der Waals surface area contributed by atoms with Gasteiger partial charge in [0.25, 0.3) is 0 Å². The van der Waals surface area contributed by atoms with Gasteiger partial charge in [-0.1, -0.05) is 31.0 Å². The van der Waals surface area contributed by atoms with Gasteiger partial charge in [0.2, 0.25) is 5.95 Å². The fourth-order valence-electron chi connectivity index (χ4n) is 3.77. The van der Waals surface area contributed by atoms with E-state index in [0.29, 0.717) is 6.04 Å². The molecule has 1 N–H and O–H groups in total. The van der Waals surface area contributed by atoms with Crippen LogP contribution in [-0.4, -0.2) is 22.6 Å². The number of para-hydroxylation sites is 1. The molecule has 1 saturated carbocycles. The third-order valence-electron chi connectivity index (χ3n) is 4.90. The maximum absolute atomic E-state index is 4.82. The van der Waals surface area contributed by atoms with Crippen molar-refractivity contribution in [1.82, 2.24) is 9.97 Å². The maximum Gasteiger partial charge on any atom is 0.232 e. The highest BCUT2D eigenvalue weighted by atomic mass is 15.3. The quantitative estimate of drug-likeness (QED) is 0.921.